The van der Waals surface area contributed by atoms with E-state index < -0.39 is 0 Å². The van der Waals surface area contributed by atoms with E-state index in [1.165, 1.54) is 0 Å². The minimum Gasteiger partial charge on any atom is -0.364 e. The van der Waals surface area contributed by atoms with Gasteiger partial charge in [0, 0.05) is 24.6 Å². The molecule has 0 bridgehead atoms. The lowest BCUT2D eigenvalue weighted by Gasteiger charge is -2.21. The van der Waals surface area contributed by atoms with Crippen molar-refractivity contribution < 1.29 is 9.53 Å². The van der Waals surface area contributed by atoms with Crippen LogP contribution >= 0.6 is 28.3 Å². The Morgan fingerprint density at radius 2 is 2.25 bits per heavy atom. The van der Waals surface area contributed by atoms with Crippen LogP contribution in [0.4, 0.5) is 0 Å². The van der Waals surface area contributed by atoms with Crippen molar-refractivity contribution in [1.82, 2.24) is 4.90 Å². The van der Waals surface area contributed by atoms with E-state index in [9.17, 15) is 4.79 Å². The highest BCUT2D eigenvalue weighted by molar-refractivity contribution is 9.10. The largest absolute Gasteiger partial charge is 0.364 e. The Labute approximate surface area is 134 Å². The maximum Gasteiger partial charge on any atom is 0.251 e. The number of nitrogens with two attached hydrogens (primary N) is 1. The Kier molecular flexibility index (Phi) is 6.95. The SMILES string of the molecule is CN(Cc1cccc(Br)c1)C(=O)[C@@H]1CC[C@H](CN)O1.Cl. The molecule has 20 heavy (non-hydrogen) atoms. The monoisotopic (exact) mass is 362 g/mol. The van der Waals surface area contributed by atoms with Crippen LogP contribution in [0.3, 0.4) is 0 Å². The Morgan fingerprint density at radius 1 is 1.50 bits per heavy atom. The molecule has 1 aromatic rings. The van der Waals surface area contributed by atoms with E-state index >= 15 is 0 Å². The van der Waals surface area contributed by atoms with Gasteiger partial charge < -0.3 is 15.4 Å². The van der Waals surface area contributed by atoms with Crippen molar-refractivity contribution in [2.24, 2.45) is 5.73 Å². The summed E-state index contributed by atoms with van der Waals surface area (Å²) >= 11 is 3.43. The van der Waals surface area contributed by atoms with Crippen molar-refractivity contribution >= 4 is 34.2 Å². The van der Waals surface area contributed by atoms with E-state index in [1.807, 2.05) is 31.3 Å². The Balaban J connectivity index is 0.00000200. The first-order chi connectivity index (χ1) is 9.10. The van der Waals surface area contributed by atoms with Gasteiger partial charge in [-0.2, -0.15) is 0 Å². The maximum absolute atomic E-state index is 12.2. The number of carbonyl (C=O) groups is 1. The van der Waals surface area contributed by atoms with Crippen LogP contribution in [-0.4, -0.2) is 36.6 Å². The third-order valence-corrected chi connectivity index (χ3v) is 3.82. The molecule has 2 atom stereocenters. The summed E-state index contributed by atoms with van der Waals surface area (Å²) in [4.78, 5) is 14.0. The molecule has 0 aromatic heterocycles. The van der Waals surface area contributed by atoms with E-state index in [1.54, 1.807) is 4.90 Å². The number of hydrogen-bond acceptors (Lipinski definition) is 3. The lowest BCUT2D eigenvalue weighted by Crippen LogP contribution is -2.36. The normalized spacial score (nSPS) is 21.4. The smallest absolute Gasteiger partial charge is 0.251 e. The summed E-state index contributed by atoms with van der Waals surface area (Å²) in [6.07, 6.45) is 1.35. The summed E-state index contributed by atoms with van der Waals surface area (Å²) in [5.74, 6) is 0.0379. The van der Waals surface area contributed by atoms with Crippen LogP contribution < -0.4 is 5.73 Å². The van der Waals surface area contributed by atoms with Crippen LogP contribution in [0.5, 0.6) is 0 Å². The third-order valence-electron chi connectivity index (χ3n) is 3.33. The summed E-state index contributed by atoms with van der Waals surface area (Å²) in [7, 11) is 1.81. The zero-order chi connectivity index (χ0) is 13.8. The fourth-order valence-corrected chi connectivity index (χ4v) is 2.74. The summed E-state index contributed by atoms with van der Waals surface area (Å²) in [5.41, 5.74) is 6.65. The molecule has 1 saturated heterocycles. The lowest BCUT2D eigenvalue weighted by atomic mass is 10.1. The second-order valence-corrected chi connectivity index (χ2v) is 5.80. The fraction of sp³-hybridized carbons (Fsp3) is 0.500. The highest BCUT2D eigenvalue weighted by Gasteiger charge is 2.31. The van der Waals surface area contributed by atoms with Crippen LogP contribution in [0.25, 0.3) is 0 Å². The molecular formula is C14H20BrClN2O2. The van der Waals surface area contributed by atoms with Crippen LogP contribution in [0.2, 0.25) is 0 Å². The van der Waals surface area contributed by atoms with Gasteiger partial charge in [-0.15, -0.1) is 12.4 Å². The summed E-state index contributed by atoms with van der Waals surface area (Å²) in [5, 5.41) is 0. The number of ether oxygens (including phenoxy) is 1. The lowest BCUT2D eigenvalue weighted by molar-refractivity contribution is -0.141. The second-order valence-electron chi connectivity index (χ2n) is 4.88. The number of nitrogens with zero attached hydrogens (tertiary/aromatic N) is 1. The van der Waals surface area contributed by atoms with Gasteiger partial charge in [0.25, 0.3) is 5.91 Å². The van der Waals surface area contributed by atoms with Crippen LogP contribution in [0, 0.1) is 0 Å². The minimum absolute atomic E-state index is 0. The second kappa shape index (κ2) is 7.98. The number of carbonyl (C=O) groups excluding carboxylic acids is 1. The van der Waals surface area contributed by atoms with Crippen molar-refractivity contribution in [2.75, 3.05) is 13.6 Å². The molecule has 0 unspecified atom stereocenters. The molecule has 2 rings (SSSR count). The molecule has 1 heterocycles. The van der Waals surface area contributed by atoms with Gasteiger partial charge in [0.15, 0.2) is 0 Å². The fourth-order valence-electron chi connectivity index (χ4n) is 2.29. The summed E-state index contributed by atoms with van der Waals surface area (Å²) in [6.45, 7) is 1.07. The zero-order valence-corrected chi connectivity index (χ0v) is 13.8. The van der Waals surface area contributed by atoms with E-state index in [0.29, 0.717) is 13.1 Å². The number of amides is 1. The topological polar surface area (TPSA) is 55.6 Å². The van der Waals surface area contributed by atoms with E-state index in [-0.39, 0.29) is 30.5 Å². The molecule has 0 spiro atoms. The Bertz CT molecular complexity index is 459. The number of rotatable bonds is 4. The zero-order valence-electron chi connectivity index (χ0n) is 11.4. The highest BCUT2D eigenvalue weighted by atomic mass is 79.9. The predicted molar refractivity (Wildman–Crippen MR) is 84.8 cm³/mol. The molecule has 1 aliphatic rings. The first-order valence-corrected chi connectivity index (χ1v) is 7.24. The van der Waals surface area contributed by atoms with Crippen LogP contribution in [-0.2, 0) is 16.1 Å². The molecule has 0 saturated carbocycles. The molecule has 0 aliphatic carbocycles. The number of benzene rings is 1. The van der Waals surface area contributed by atoms with Crippen molar-refractivity contribution in [3.63, 3.8) is 0 Å². The third kappa shape index (κ3) is 4.45. The van der Waals surface area contributed by atoms with Gasteiger partial charge in [-0.25, -0.2) is 0 Å². The quantitative estimate of drug-likeness (QED) is 0.893. The number of halogens is 2. The molecular weight excluding hydrogens is 344 g/mol. The molecule has 4 nitrogen and oxygen atoms in total. The van der Waals surface area contributed by atoms with Gasteiger partial charge in [-0.3, -0.25) is 4.79 Å². The molecule has 1 amide bonds. The number of hydrogen-bond donors (Lipinski definition) is 1. The van der Waals surface area contributed by atoms with Gasteiger partial charge in [-0.1, -0.05) is 28.1 Å². The van der Waals surface area contributed by atoms with Gasteiger partial charge in [0.1, 0.15) is 6.10 Å². The van der Waals surface area contributed by atoms with Gasteiger partial charge in [0.05, 0.1) is 6.10 Å². The standard InChI is InChI=1S/C14H19BrN2O2.ClH/c1-17(9-10-3-2-4-11(15)7-10)14(18)13-6-5-12(8-16)19-13;/h2-4,7,12-13H,5-6,8-9,16H2,1H3;1H/t12-,13+;/m1./s1. The molecule has 0 radical (unpaired) electrons. The van der Waals surface area contributed by atoms with Gasteiger partial charge in [-0.05, 0) is 30.5 Å². The predicted octanol–water partition coefficient (Wildman–Crippen LogP) is 2.34. The maximum atomic E-state index is 12.2. The molecule has 2 N–H and O–H groups in total. The first kappa shape index (κ1) is 17.4. The highest BCUT2D eigenvalue weighted by Crippen LogP contribution is 2.21. The average molecular weight is 364 g/mol. The molecule has 1 fully saturated rings. The van der Waals surface area contributed by atoms with Crippen molar-refractivity contribution in [1.29, 1.82) is 0 Å². The van der Waals surface area contributed by atoms with E-state index in [4.69, 9.17) is 10.5 Å². The van der Waals surface area contributed by atoms with Gasteiger partial charge >= 0.3 is 0 Å². The molecule has 1 aliphatic heterocycles. The molecule has 1 aromatic carbocycles. The Hall–Kier alpha value is -0.620. The summed E-state index contributed by atoms with van der Waals surface area (Å²) in [6, 6.07) is 7.96. The molecule has 6 heteroatoms. The van der Waals surface area contributed by atoms with Gasteiger partial charge in [0.2, 0.25) is 0 Å². The van der Waals surface area contributed by atoms with Crippen molar-refractivity contribution in [2.45, 2.75) is 31.6 Å². The minimum atomic E-state index is -0.328. The summed E-state index contributed by atoms with van der Waals surface area (Å²) < 4.78 is 6.65. The first-order valence-electron chi connectivity index (χ1n) is 6.45. The number of likely N-dealkylation sites (N-methyl/N-ethyl adjacent to an activating group) is 1. The average Bonchev–Trinajstić information content (AvgIpc) is 2.86. The Morgan fingerprint density at radius 3 is 2.85 bits per heavy atom. The van der Waals surface area contributed by atoms with Crippen LogP contribution in [0.1, 0.15) is 18.4 Å². The van der Waals surface area contributed by atoms with Crippen molar-refractivity contribution in [3.05, 3.63) is 34.3 Å². The molecule has 112 valence electrons. The van der Waals surface area contributed by atoms with E-state index in [0.717, 1.165) is 22.9 Å². The van der Waals surface area contributed by atoms with Crippen molar-refractivity contribution in [3.8, 4) is 0 Å². The van der Waals surface area contributed by atoms with Crippen LogP contribution in [0.15, 0.2) is 28.7 Å². The van der Waals surface area contributed by atoms with E-state index in [2.05, 4.69) is 15.9 Å².